The van der Waals surface area contributed by atoms with Gasteiger partial charge >= 0.3 is 5.00 Å². The maximum Gasteiger partial charge on any atom is 0.324 e. The van der Waals surface area contributed by atoms with Gasteiger partial charge in [-0.2, -0.15) is 0 Å². The number of nitrogens with zero attached hydrogens (tertiary/aromatic N) is 2. The molecule has 110 valence electrons. The lowest BCUT2D eigenvalue weighted by Gasteiger charge is -2.33. The summed E-state index contributed by atoms with van der Waals surface area (Å²) < 4.78 is 0. The van der Waals surface area contributed by atoms with E-state index >= 15 is 0 Å². The fourth-order valence-electron chi connectivity index (χ4n) is 2.62. The molecule has 0 radical (unpaired) electrons. The Labute approximate surface area is 126 Å². The minimum atomic E-state index is -0.464. The lowest BCUT2D eigenvalue weighted by Crippen LogP contribution is -2.42. The normalized spacial score (nSPS) is 16.1. The number of hydrogen-bond acceptors (Lipinski definition) is 4. The summed E-state index contributed by atoms with van der Waals surface area (Å²) in [5, 5.41) is 10.7. The molecule has 1 fully saturated rings. The lowest BCUT2D eigenvalue weighted by atomic mass is 9.94. The van der Waals surface area contributed by atoms with Crippen LogP contribution in [0.25, 0.3) is 0 Å². The van der Waals surface area contributed by atoms with E-state index in [9.17, 15) is 14.9 Å². The summed E-state index contributed by atoms with van der Waals surface area (Å²) in [6, 6.07) is 3.14. The average Bonchev–Trinajstić information content (AvgIpc) is 2.95. The van der Waals surface area contributed by atoms with Crippen molar-refractivity contribution in [3.05, 3.63) is 27.1 Å². The molecule has 0 atom stereocenters. The Morgan fingerprint density at radius 1 is 1.40 bits per heavy atom. The van der Waals surface area contributed by atoms with Gasteiger partial charge in [0, 0.05) is 24.5 Å². The second-order valence-electron chi connectivity index (χ2n) is 4.87. The van der Waals surface area contributed by atoms with E-state index in [1.807, 2.05) is 0 Å². The molecule has 0 aromatic carbocycles. The molecular weight excluding hydrogens is 300 g/mol. The van der Waals surface area contributed by atoms with Crippen molar-refractivity contribution in [3.63, 3.8) is 0 Å². The number of hydrogen-bond donors (Lipinski definition) is 0. The van der Waals surface area contributed by atoms with Crippen LogP contribution in [0.1, 0.15) is 41.8 Å². The molecule has 1 heterocycles. The Morgan fingerprint density at radius 2 is 2.10 bits per heavy atom. The second kappa shape index (κ2) is 7.04. The van der Waals surface area contributed by atoms with Gasteiger partial charge in [0.05, 0.1) is 9.80 Å². The van der Waals surface area contributed by atoms with E-state index in [0.717, 1.165) is 37.0 Å². The molecule has 7 heteroatoms. The fraction of sp³-hybridized carbons (Fsp3) is 0.615. The summed E-state index contributed by atoms with van der Waals surface area (Å²) >= 11 is 6.74. The van der Waals surface area contributed by atoms with Crippen LogP contribution < -0.4 is 0 Å². The van der Waals surface area contributed by atoms with Crippen LogP contribution in [0.5, 0.6) is 0 Å². The zero-order valence-corrected chi connectivity index (χ0v) is 12.7. The standard InChI is InChI=1S/C13H17ClN2O3S/c14-8-9-15(10-4-2-1-3-5-10)13(17)11-6-7-12(20-11)16(18)19/h6-7,10H,1-5,8-9H2. The third-order valence-electron chi connectivity index (χ3n) is 3.58. The van der Waals surface area contributed by atoms with E-state index in [1.54, 1.807) is 4.90 Å². The molecule has 0 saturated heterocycles. The van der Waals surface area contributed by atoms with Crippen LogP contribution >= 0.6 is 22.9 Å². The smallest absolute Gasteiger partial charge is 0.324 e. The maximum absolute atomic E-state index is 12.5. The zero-order valence-electron chi connectivity index (χ0n) is 11.1. The number of carbonyl (C=O) groups excluding carboxylic acids is 1. The van der Waals surface area contributed by atoms with Crippen LogP contribution in [0.2, 0.25) is 0 Å². The summed E-state index contributed by atoms with van der Waals surface area (Å²) in [4.78, 5) is 25.0. The van der Waals surface area contributed by atoms with Gasteiger partial charge in [0.15, 0.2) is 0 Å². The van der Waals surface area contributed by atoms with Crippen LogP contribution in [0.3, 0.4) is 0 Å². The van der Waals surface area contributed by atoms with Crippen molar-refractivity contribution in [1.29, 1.82) is 0 Å². The molecule has 1 amide bonds. The zero-order chi connectivity index (χ0) is 14.5. The van der Waals surface area contributed by atoms with Crippen molar-refractivity contribution >= 4 is 33.8 Å². The van der Waals surface area contributed by atoms with Crippen LogP contribution in [-0.2, 0) is 0 Å². The van der Waals surface area contributed by atoms with E-state index in [1.165, 1.54) is 18.6 Å². The van der Waals surface area contributed by atoms with Gasteiger partial charge in [0.1, 0.15) is 0 Å². The predicted molar refractivity (Wildman–Crippen MR) is 79.6 cm³/mol. The molecule has 20 heavy (non-hydrogen) atoms. The number of rotatable bonds is 5. The van der Waals surface area contributed by atoms with Crippen LogP contribution in [0, 0.1) is 10.1 Å². The van der Waals surface area contributed by atoms with Crippen molar-refractivity contribution in [3.8, 4) is 0 Å². The average molecular weight is 317 g/mol. The monoisotopic (exact) mass is 316 g/mol. The van der Waals surface area contributed by atoms with E-state index in [0.29, 0.717) is 17.3 Å². The van der Waals surface area contributed by atoms with Gasteiger partial charge in [0.25, 0.3) is 5.91 Å². The van der Waals surface area contributed by atoms with Crippen LogP contribution in [0.4, 0.5) is 5.00 Å². The summed E-state index contributed by atoms with van der Waals surface area (Å²) in [7, 11) is 0. The topological polar surface area (TPSA) is 63.4 Å². The van der Waals surface area contributed by atoms with E-state index in [4.69, 9.17) is 11.6 Å². The highest BCUT2D eigenvalue weighted by molar-refractivity contribution is 7.17. The first-order chi connectivity index (χ1) is 9.63. The molecule has 1 aromatic rings. The molecule has 2 rings (SSSR count). The first kappa shape index (κ1) is 15.3. The van der Waals surface area contributed by atoms with Gasteiger partial charge < -0.3 is 4.90 Å². The van der Waals surface area contributed by atoms with E-state index in [-0.39, 0.29) is 17.0 Å². The lowest BCUT2D eigenvalue weighted by molar-refractivity contribution is -0.380. The number of halogens is 1. The molecule has 0 spiro atoms. The molecule has 0 unspecified atom stereocenters. The van der Waals surface area contributed by atoms with Crippen LogP contribution in [0.15, 0.2) is 12.1 Å². The molecule has 1 saturated carbocycles. The predicted octanol–water partition coefficient (Wildman–Crippen LogP) is 3.67. The second-order valence-corrected chi connectivity index (χ2v) is 6.31. The van der Waals surface area contributed by atoms with Crippen molar-refractivity contribution in [1.82, 2.24) is 4.90 Å². The van der Waals surface area contributed by atoms with Gasteiger partial charge in [-0.3, -0.25) is 14.9 Å². The fourth-order valence-corrected chi connectivity index (χ4v) is 3.57. The third-order valence-corrected chi connectivity index (χ3v) is 4.78. The molecule has 5 nitrogen and oxygen atoms in total. The Hall–Kier alpha value is -1.14. The molecule has 0 N–H and O–H groups in total. The molecule has 0 aliphatic heterocycles. The van der Waals surface area contributed by atoms with Gasteiger partial charge in [-0.15, -0.1) is 11.6 Å². The molecular formula is C13H17ClN2O3S. The third kappa shape index (κ3) is 3.49. The SMILES string of the molecule is O=C(c1ccc([N+](=O)[O-])s1)N(CCCl)C1CCCCC1. The Morgan fingerprint density at radius 3 is 2.65 bits per heavy atom. The first-order valence-corrected chi connectivity index (χ1v) is 8.09. The Bertz CT molecular complexity index is 486. The highest BCUT2D eigenvalue weighted by Crippen LogP contribution is 2.28. The van der Waals surface area contributed by atoms with Gasteiger partial charge in [0.2, 0.25) is 0 Å². The Balaban J connectivity index is 2.14. The van der Waals surface area contributed by atoms with Gasteiger partial charge in [-0.25, -0.2) is 0 Å². The van der Waals surface area contributed by atoms with Crippen molar-refractivity contribution in [2.75, 3.05) is 12.4 Å². The van der Waals surface area contributed by atoms with E-state index < -0.39 is 4.92 Å². The number of thiophene rings is 1. The van der Waals surface area contributed by atoms with Gasteiger partial charge in [-0.1, -0.05) is 30.6 Å². The number of carbonyl (C=O) groups is 1. The maximum atomic E-state index is 12.5. The quantitative estimate of drug-likeness (QED) is 0.473. The van der Waals surface area contributed by atoms with Gasteiger partial charge in [-0.05, 0) is 18.9 Å². The molecule has 1 aliphatic rings. The number of alkyl halides is 1. The summed E-state index contributed by atoms with van der Waals surface area (Å²) in [6.45, 7) is 0.497. The van der Waals surface area contributed by atoms with Crippen molar-refractivity contribution in [2.24, 2.45) is 0 Å². The summed E-state index contributed by atoms with van der Waals surface area (Å²) in [6.07, 6.45) is 5.46. The molecule has 0 bridgehead atoms. The number of nitro groups is 1. The largest absolute Gasteiger partial charge is 0.334 e. The minimum absolute atomic E-state index is 0.00261. The molecule has 1 aromatic heterocycles. The van der Waals surface area contributed by atoms with Crippen molar-refractivity contribution in [2.45, 2.75) is 38.1 Å². The first-order valence-electron chi connectivity index (χ1n) is 6.74. The highest BCUT2D eigenvalue weighted by Gasteiger charge is 2.27. The number of amides is 1. The van der Waals surface area contributed by atoms with Crippen molar-refractivity contribution < 1.29 is 9.72 Å². The van der Waals surface area contributed by atoms with Crippen LogP contribution in [-0.4, -0.2) is 34.2 Å². The summed E-state index contributed by atoms with van der Waals surface area (Å²) in [5.41, 5.74) is 0. The highest BCUT2D eigenvalue weighted by atomic mass is 35.5. The molecule has 1 aliphatic carbocycles. The minimum Gasteiger partial charge on any atom is -0.334 e. The Kier molecular flexibility index (Phi) is 5.37. The summed E-state index contributed by atoms with van der Waals surface area (Å²) in [5.74, 6) is 0.256. The van der Waals surface area contributed by atoms with E-state index in [2.05, 4.69) is 0 Å².